The second-order valence-corrected chi connectivity index (χ2v) is 4.51. The minimum Gasteiger partial charge on any atom is -0.441 e. The fourth-order valence-electron chi connectivity index (χ4n) is 2.34. The first-order valence-corrected chi connectivity index (χ1v) is 5.66. The summed E-state index contributed by atoms with van der Waals surface area (Å²) in [7, 11) is 0. The molecule has 1 aromatic heterocycles. The third-order valence-corrected chi connectivity index (χ3v) is 3.43. The number of anilines is 1. The van der Waals surface area contributed by atoms with Gasteiger partial charge < -0.3 is 4.74 Å². The lowest BCUT2D eigenvalue weighted by Crippen LogP contribution is -2.41. The van der Waals surface area contributed by atoms with Crippen LogP contribution in [0.25, 0.3) is 0 Å². The maximum absolute atomic E-state index is 11.8. The van der Waals surface area contributed by atoms with Gasteiger partial charge >= 0.3 is 6.09 Å². The van der Waals surface area contributed by atoms with Gasteiger partial charge in [-0.05, 0) is 31.4 Å². The maximum atomic E-state index is 11.8. The third kappa shape index (κ3) is 1.47. The Morgan fingerprint density at radius 2 is 2.35 bits per heavy atom. The van der Waals surface area contributed by atoms with E-state index in [1.165, 1.54) is 0 Å². The zero-order valence-electron chi connectivity index (χ0n) is 9.35. The fraction of sp³-hybridized carbons (Fsp3) is 0.385. The zero-order valence-corrected chi connectivity index (χ0v) is 9.35. The van der Waals surface area contributed by atoms with E-state index in [-0.39, 0.29) is 11.7 Å². The highest BCUT2D eigenvalue weighted by Crippen LogP contribution is 2.42. The largest absolute Gasteiger partial charge is 0.441 e. The van der Waals surface area contributed by atoms with Crippen LogP contribution in [0.5, 0.6) is 0 Å². The molecule has 1 aliphatic heterocycles. The fourth-order valence-corrected chi connectivity index (χ4v) is 2.34. The molecule has 0 atom stereocenters. The molecule has 17 heavy (non-hydrogen) atoms. The molecule has 1 amide bonds. The highest BCUT2D eigenvalue weighted by atomic mass is 16.6. The van der Waals surface area contributed by atoms with Crippen LogP contribution in [0.15, 0.2) is 18.3 Å². The first-order chi connectivity index (χ1) is 8.24. The molecule has 0 aromatic carbocycles. The van der Waals surface area contributed by atoms with Crippen molar-refractivity contribution in [3.8, 4) is 12.3 Å². The Morgan fingerprint density at radius 1 is 1.53 bits per heavy atom. The molecule has 1 aliphatic carbocycles. The molecule has 1 spiro atoms. The normalized spacial score (nSPS) is 20.9. The number of aromatic nitrogens is 1. The Kier molecular flexibility index (Phi) is 2.08. The van der Waals surface area contributed by atoms with E-state index in [9.17, 15) is 4.79 Å². The molecule has 0 radical (unpaired) electrons. The van der Waals surface area contributed by atoms with Crippen LogP contribution in [0.3, 0.4) is 0 Å². The molecule has 0 N–H and O–H groups in total. The number of ether oxygens (including phenoxy) is 1. The Labute approximate surface area is 99.6 Å². The van der Waals surface area contributed by atoms with Crippen LogP contribution < -0.4 is 4.90 Å². The van der Waals surface area contributed by atoms with Gasteiger partial charge in [-0.25, -0.2) is 9.78 Å². The Hall–Kier alpha value is -2.02. The molecule has 1 aromatic rings. The molecule has 0 bridgehead atoms. The van der Waals surface area contributed by atoms with Crippen molar-refractivity contribution in [3.05, 3.63) is 23.9 Å². The van der Waals surface area contributed by atoms with Gasteiger partial charge in [-0.3, -0.25) is 4.90 Å². The monoisotopic (exact) mass is 228 g/mol. The van der Waals surface area contributed by atoms with E-state index in [1.807, 2.05) is 0 Å². The van der Waals surface area contributed by atoms with E-state index in [2.05, 4.69) is 10.9 Å². The summed E-state index contributed by atoms with van der Waals surface area (Å²) in [5, 5.41) is 0. The van der Waals surface area contributed by atoms with Crippen LogP contribution in [-0.4, -0.2) is 23.2 Å². The quantitative estimate of drug-likeness (QED) is 0.690. The number of pyridine rings is 1. The summed E-state index contributed by atoms with van der Waals surface area (Å²) in [6.07, 6.45) is 9.70. The molecular formula is C13H12N2O2. The molecule has 2 heterocycles. The van der Waals surface area contributed by atoms with Crippen molar-refractivity contribution in [1.29, 1.82) is 0 Å². The molecular weight excluding hydrogens is 216 g/mol. The smallest absolute Gasteiger partial charge is 0.416 e. The second kappa shape index (κ2) is 3.49. The molecule has 2 aliphatic rings. The minimum atomic E-state index is -0.333. The van der Waals surface area contributed by atoms with Crippen LogP contribution in [-0.2, 0) is 4.74 Å². The lowest BCUT2D eigenvalue weighted by Gasteiger charge is -2.35. The molecule has 0 unspecified atom stereocenters. The van der Waals surface area contributed by atoms with Gasteiger partial charge in [0.05, 0.1) is 12.1 Å². The lowest BCUT2D eigenvalue weighted by molar-refractivity contribution is -0.00650. The van der Waals surface area contributed by atoms with Gasteiger partial charge in [-0.2, -0.15) is 0 Å². The molecule has 4 nitrogen and oxygen atoms in total. The van der Waals surface area contributed by atoms with E-state index < -0.39 is 0 Å². The van der Waals surface area contributed by atoms with Gasteiger partial charge in [-0.1, -0.05) is 5.92 Å². The summed E-state index contributed by atoms with van der Waals surface area (Å²) in [5.74, 6) is 3.08. The Bertz CT molecular complexity index is 514. The van der Waals surface area contributed by atoms with Crippen molar-refractivity contribution < 1.29 is 9.53 Å². The van der Waals surface area contributed by atoms with Crippen molar-refractivity contribution in [2.24, 2.45) is 0 Å². The van der Waals surface area contributed by atoms with E-state index >= 15 is 0 Å². The number of nitrogens with zero attached hydrogens (tertiary/aromatic N) is 2. The topological polar surface area (TPSA) is 42.4 Å². The highest BCUT2D eigenvalue weighted by Gasteiger charge is 2.50. The van der Waals surface area contributed by atoms with Crippen LogP contribution in [0.1, 0.15) is 24.8 Å². The molecule has 1 saturated carbocycles. The van der Waals surface area contributed by atoms with Crippen molar-refractivity contribution in [1.82, 2.24) is 4.98 Å². The summed E-state index contributed by atoms with van der Waals surface area (Å²) < 4.78 is 5.43. The molecule has 3 rings (SSSR count). The van der Waals surface area contributed by atoms with Crippen molar-refractivity contribution >= 4 is 11.9 Å². The van der Waals surface area contributed by atoms with Crippen molar-refractivity contribution in [2.75, 3.05) is 11.4 Å². The zero-order chi connectivity index (χ0) is 11.9. The first kappa shape index (κ1) is 10.2. The van der Waals surface area contributed by atoms with Gasteiger partial charge in [0.2, 0.25) is 0 Å². The van der Waals surface area contributed by atoms with Crippen LogP contribution in [0.4, 0.5) is 10.6 Å². The first-order valence-electron chi connectivity index (χ1n) is 5.66. The average molecular weight is 228 g/mol. The number of hydrogen-bond acceptors (Lipinski definition) is 3. The summed E-state index contributed by atoms with van der Waals surface area (Å²) in [6.45, 7) is 0.567. The standard InChI is InChI=1S/C13H12N2O2/c1-2-10-5-3-8-14-11(10)15-9-13(6-4-7-13)17-12(15)16/h1,3,5,8H,4,6-7,9H2. The molecule has 86 valence electrons. The van der Waals surface area contributed by atoms with Gasteiger partial charge in [0.15, 0.2) is 5.82 Å². The minimum absolute atomic E-state index is 0.277. The van der Waals surface area contributed by atoms with Gasteiger partial charge in [0.25, 0.3) is 0 Å². The SMILES string of the molecule is C#Cc1cccnc1N1CC2(CCC2)OC1=O. The highest BCUT2D eigenvalue weighted by molar-refractivity contribution is 5.90. The van der Waals surface area contributed by atoms with E-state index in [4.69, 9.17) is 11.2 Å². The second-order valence-electron chi connectivity index (χ2n) is 4.51. The predicted octanol–water partition coefficient (Wildman–Crippen LogP) is 1.94. The summed E-state index contributed by atoms with van der Waals surface area (Å²) >= 11 is 0. The number of amides is 1. The number of rotatable bonds is 1. The number of terminal acetylenes is 1. The maximum Gasteiger partial charge on any atom is 0.416 e. The molecule has 2 fully saturated rings. The number of carbonyl (C=O) groups is 1. The number of hydrogen-bond donors (Lipinski definition) is 0. The van der Waals surface area contributed by atoms with E-state index in [0.717, 1.165) is 19.3 Å². The van der Waals surface area contributed by atoms with Gasteiger partial charge in [-0.15, -0.1) is 6.42 Å². The molecule has 4 heteroatoms. The van der Waals surface area contributed by atoms with Gasteiger partial charge in [0.1, 0.15) is 5.60 Å². The number of carbonyl (C=O) groups excluding carboxylic acids is 1. The summed E-state index contributed by atoms with van der Waals surface area (Å²) in [5.41, 5.74) is 0.348. The van der Waals surface area contributed by atoms with Crippen LogP contribution >= 0.6 is 0 Å². The average Bonchev–Trinajstić information content (AvgIpc) is 2.67. The summed E-state index contributed by atoms with van der Waals surface area (Å²) in [6, 6.07) is 3.54. The summed E-state index contributed by atoms with van der Waals surface area (Å²) in [4.78, 5) is 17.6. The Morgan fingerprint density at radius 3 is 2.94 bits per heavy atom. The van der Waals surface area contributed by atoms with Crippen molar-refractivity contribution in [3.63, 3.8) is 0 Å². The van der Waals surface area contributed by atoms with Crippen LogP contribution in [0.2, 0.25) is 0 Å². The lowest BCUT2D eigenvalue weighted by atomic mass is 9.80. The molecule has 1 saturated heterocycles. The van der Waals surface area contributed by atoms with E-state index in [0.29, 0.717) is 17.9 Å². The predicted molar refractivity (Wildman–Crippen MR) is 62.6 cm³/mol. The van der Waals surface area contributed by atoms with Crippen LogP contribution in [0, 0.1) is 12.3 Å². The third-order valence-electron chi connectivity index (χ3n) is 3.43. The van der Waals surface area contributed by atoms with Gasteiger partial charge in [0, 0.05) is 6.20 Å². The van der Waals surface area contributed by atoms with Crippen molar-refractivity contribution in [2.45, 2.75) is 24.9 Å². The Balaban J connectivity index is 1.95. The van der Waals surface area contributed by atoms with E-state index in [1.54, 1.807) is 23.2 Å².